The lowest BCUT2D eigenvalue weighted by Gasteiger charge is -2.32. The molecule has 4 heteroatoms. The molecule has 1 aromatic carbocycles. The molecule has 1 fully saturated rings. The van der Waals surface area contributed by atoms with E-state index in [1.165, 1.54) is 0 Å². The molecule has 0 spiro atoms. The maximum absolute atomic E-state index is 12.7. The number of methoxy groups -OCH3 is 1. The van der Waals surface area contributed by atoms with E-state index in [2.05, 4.69) is 19.2 Å². The van der Waals surface area contributed by atoms with Crippen LogP contribution >= 0.6 is 0 Å². The molecule has 0 aromatic heterocycles. The van der Waals surface area contributed by atoms with Gasteiger partial charge in [-0.2, -0.15) is 0 Å². The number of amides is 1. The minimum Gasteiger partial charge on any atom is -0.382 e. The number of para-hydroxylation sites is 1. The van der Waals surface area contributed by atoms with Gasteiger partial charge in [-0.25, -0.2) is 0 Å². The van der Waals surface area contributed by atoms with Crippen LogP contribution < -0.4 is 5.32 Å². The molecule has 1 aliphatic rings. The first-order valence-corrected chi connectivity index (χ1v) is 7.29. The molecule has 110 valence electrons. The third kappa shape index (κ3) is 3.51. The van der Waals surface area contributed by atoms with Crippen molar-refractivity contribution in [3.8, 4) is 0 Å². The Hall–Kier alpha value is -1.55. The largest absolute Gasteiger partial charge is 0.382 e. The van der Waals surface area contributed by atoms with Gasteiger partial charge in [0.1, 0.15) is 0 Å². The third-order valence-electron chi connectivity index (χ3n) is 3.60. The van der Waals surface area contributed by atoms with E-state index in [1.54, 1.807) is 7.11 Å². The molecule has 1 heterocycles. The van der Waals surface area contributed by atoms with E-state index in [1.807, 2.05) is 29.2 Å². The van der Waals surface area contributed by atoms with Crippen LogP contribution in [0.2, 0.25) is 0 Å². The van der Waals surface area contributed by atoms with Crippen LogP contribution in [0.5, 0.6) is 0 Å². The topological polar surface area (TPSA) is 41.6 Å². The molecule has 1 unspecified atom stereocenters. The molecule has 0 saturated carbocycles. The summed E-state index contributed by atoms with van der Waals surface area (Å²) in [4.78, 5) is 14.6. The first-order chi connectivity index (χ1) is 9.61. The molecule has 1 amide bonds. The number of likely N-dealkylation sites (tertiary alicyclic amines) is 1. The van der Waals surface area contributed by atoms with Gasteiger partial charge in [0, 0.05) is 31.9 Å². The standard InChI is InChI=1S/C16H24N2O2/c1-12(2)17-15-9-5-4-8-14(15)16(19)18-10-6-7-13(11-18)20-3/h4-5,8-9,12-13,17H,6-7,10-11H2,1-3H3. The first kappa shape index (κ1) is 14.9. The highest BCUT2D eigenvalue weighted by atomic mass is 16.5. The molecule has 20 heavy (non-hydrogen) atoms. The number of carbonyl (C=O) groups excluding carboxylic acids is 1. The summed E-state index contributed by atoms with van der Waals surface area (Å²) < 4.78 is 5.39. The number of nitrogens with one attached hydrogen (secondary N) is 1. The predicted octanol–water partition coefficient (Wildman–Crippen LogP) is 2.76. The second-order valence-corrected chi connectivity index (χ2v) is 5.60. The van der Waals surface area contributed by atoms with Gasteiger partial charge in [-0.1, -0.05) is 12.1 Å². The van der Waals surface area contributed by atoms with Gasteiger partial charge in [0.05, 0.1) is 11.7 Å². The molecule has 1 saturated heterocycles. The molecule has 2 rings (SSSR count). The fourth-order valence-corrected chi connectivity index (χ4v) is 2.59. The highest BCUT2D eigenvalue weighted by Gasteiger charge is 2.25. The zero-order chi connectivity index (χ0) is 14.5. The molecule has 1 N–H and O–H groups in total. The Labute approximate surface area is 121 Å². The van der Waals surface area contributed by atoms with Crippen LogP contribution in [0.15, 0.2) is 24.3 Å². The number of rotatable bonds is 4. The molecule has 1 atom stereocenters. The van der Waals surface area contributed by atoms with Crippen LogP contribution in [0.3, 0.4) is 0 Å². The lowest BCUT2D eigenvalue weighted by molar-refractivity contribution is 0.0269. The Balaban J connectivity index is 2.16. The highest BCUT2D eigenvalue weighted by molar-refractivity contribution is 5.99. The van der Waals surface area contributed by atoms with Crippen molar-refractivity contribution in [1.29, 1.82) is 0 Å². The number of ether oxygens (including phenoxy) is 1. The van der Waals surface area contributed by atoms with Gasteiger partial charge in [0.25, 0.3) is 5.91 Å². The fourth-order valence-electron chi connectivity index (χ4n) is 2.59. The van der Waals surface area contributed by atoms with Crippen LogP contribution in [-0.2, 0) is 4.74 Å². The Kier molecular flexibility index (Phi) is 5.01. The number of piperidine rings is 1. The smallest absolute Gasteiger partial charge is 0.256 e. The summed E-state index contributed by atoms with van der Waals surface area (Å²) in [6.45, 7) is 5.65. The van der Waals surface area contributed by atoms with Crippen molar-refractivity contribution in [2.24, 2.45) is 0 Å². The molecule has 0 bridgehead atoms. The van der Waals surface area contributed by atoms with E-state index in [9.17, 15) is 4.79 Å². The number of carbonyl (C=O) groups is 1. The van der Waals surface area contributed by atoms with E-state index in [4.69, 9.17) is 4.74 Å². The lowest BCUT2D eigenvalue weighted by Crippen LogP contribution is -2.43. The molecule has 0 aliphatic carbocycles. The third-order valence-corrected chi connectivity index (χ3v) is 3.60. The summed E-state index contributed by atoms with van der Waals surface area (Å²) in [7, 11) is 1.72. The summed E-state index contributed by atoms with van der Waals surface area (Å²) in [5, 5.41) is 3.34. The number of anilines is 1. The maximum atomic E-state index is 12.7. The molecule has 4 nitrogen and oxygen atoms in total. The monoisotopic (exact) mass is 276 g/mol. The van der Waals surface area contributed by atoms with Crippen molar-refractivity contribution >= 4 is 11.6 Å². The minimum atomic E-state index is 0.0931. The van der Waals surface area contributed by atoms with Crippen molar-refractivity contribution in [3.63, 3.8) is 0 Å². The van der Waals surface area contributed by atoms with Crippen LogP contribution in [0.1, 0.15) is 37.0 Å². The van der Waals surface area contributed by atoms with Gasteiger partial charge in [0.15, 0.2) is 0 Å². The van der Waals surface area contributed by atoms with E-state index < -0.39 is 0 Å². The van der Waals surface area contributed by atoms with Gasteiger partial charge < -0.3 is 15.0 Å². The maximum Gasteiger partial charge on any atom is 0.256 e. The van der Waals surface area contributed by atoms with Gasteiger partial charge in [-0.3, -0.25) is 4.79 Å². The van der Waals surface area contributed by atoms with Gasteiger partial charge in [-0.05, 0) is 38.8 Å². The molecule has 1 aromatic rings. The highest BCUT2D eigenvalue weighted by Crippen LogP contribution is 2.21. The Morgan fingerprint density at radius 2 is 2.15 bits per heavy atom. The van der Waals surface area contributed by atoms with Crippen LogP contribution in [0.25, 0.3) is 0 Å². The summed E-state index contributed by atoms with van der Waals surface area (Å²) >= 11 is 0. The average molecular weight is 276 g/mol. The van der Waals surface area contributed by atoms with E-state index >= 15 is 0 Å². The molecular weight excluding hydrogens is 252 g/mol. The predicted molar refractivity (Wildman–Crippen MR) is 81.1 cm³/mol. The summed E-state index contributed by atoms with van der Waals surface area (Å²) in [6, 6.07) is 8.03. The van der Waals surface area contributed by atoms with Gasteiger partial charge in [0.2, 0.25) is 0 Å². The molecular formula is C16H24N2O2. The zero-order valence-corrected chi connectivity index (χ0v) is 12.6. The van der Waals surface area contributed by atoms with Crippen LogP contribution in [0.4, 0.5) is 5.69 Å². The SMILES string of the molecule is COC1CCCN(C(=O)c2ccccc2NC(C)C)C1. The normalized spacial score (nSPS) is 19.2. The Morgan fingerprint density at radius 3 is 2.85 bits per heavy atom. The lowest BCUT2D eigenvalue weighted by atomic mass is 10.1. The van der Waals surface area contributed by atoms with Crippen molar-refractivity contribution < 1.29 is 9.53 Å². The Bertz CT molecular complexity index is 460. The average Bonchev–Trinajstić information content (AvgIpc) is 2.46. The number of benzene rings is 1. The van der Waals surface area contributed by atoms with Gasteiger partial charge >= 0.3 is 0 Å². The second-order valence-electron chi connectivity index (χ2n) is 5.60. The van der Waals surface area contributed by atoms with Crippen molar-refractivity contribution in [2.45, 2.75) is 38.8 Å². The van der Waals surface area contributed by atoms with E-state index in [0.717, 1.165) is 30.6 Å². The van der Waals surface area contributed by atoms with Crippen molar-refractivity contribution in [1.82, 2.24) is 4.90 Å². The number of nitrogens with zero attached hydrogens (tertiary/aromatic N) is 1. The van der Waals surface area contributed by atoms with E-state index in [0.29, 0.717) is 12.6 Å². The zero-order valence-electron chi connectivity index (χ0n) is 12.6. The van der Waals surface area contributed by atoms with Crippen molar-refractivity contribution in [3.05, 3.63) is 29.8 Å². The Morgan fingerprint density at radius 1 is 1.40 bits per heavy atom. The second kappa shape index (κ2) is 6.75. The minimum absolute atomic E-state index is 0.0931. The number of hydrogen-bond acceptors (Lipinski definition) is 3. The van der Waals surface area contributed by atoms with Gasteiger partial charge in [-0.15, -0.1) is 0 Å². The summed E-state index contributed by atoms with van der Waals surface area (Å²) in [6.07, 6.45) is 2.20. The number of hydrogen-bond donors (Lipinski definition) is 1. The molecule has 0 radical (unpaired) electrons. The quantitative estimate of drug-likeness (QED) is 0.919. The van der Waals surface area contributed by atoms with E-state index in [-0.39, 0.29) is 12.0 Å². The van der Waals surface area contributed by atoms with Crippen LogP contribution in [0, 0.1) is 0 Å². The fraction of sp³-hybridized carbons (Fsp3) is 0.562. The molecule has 1 aliphatic heterocycles. The summed E-state index contributed by atoms with van der Waals surface area (Å²) in [5.41, 5.74) is 1.66. The van der Waals surface area contributed by atoms with Crippen molar-refractivity contribution in [2.75, 3.05) is 25.5 Å². The van der Waals surface area contributed by atoms with Crippen LogP contribution in [-0.4, -0.2) is 43.2 Å². The first-order valence-electron chi connectivity index (χ1n) is 7.29. The summed E-state index contributed by atoms with van der Waals surface area (Å²) in [5.74, 6) is 0.0931.